The van der Waals surface area contributed by atoms with Gasteiger partial charge in [-0.25, -0.2) is 4.57 Å². The third kappa shape index (κ3) is 11.1. The second-order valence-electron chi connectivity index (χ2n) is 8.32. The van der Waals surface area contributed by atoms with Crippen LogP contribution in [-0.2, 0) is 18.7 Å². The molecule has 0 saturated carbocycles. The molecule has 0 aromatic carbocycles. The number of phosphoric ester groups is 1. The van der Waals surface area contributed by atoms with Crippen molar-refractivity contribution < 1.29 is 32.9 Å². The fourth-order valence-corrected chi connectivity index (χ4v) is 3.83. The van der Waals surface area contributed by atoms with Gasteiger partial charge in [-0.05, 0) is 12.8 Å². The van der Waals surface area contributed by atoms with Crippen LogP contribution in [0.4, 0.5) is 0 Å². The molecule has 7 nitrogen and oxygen atoms in total. The second-order valence-corrected chi connectivity index (χ2v) is 9.49. The molecule has 0 atom stereocenters. The number of rotatable bonds is 16. The van der Waals surface area contributed by atoms with E-state index in [1.54, 1.807) is 21.1 Å². The molecule has 0 heterocycles. The van der Waals surface area contributed by atoms with E-state index in [0.29, 0.717) is 12.8 Å². The van der Waals surface area contributed by atoms with E-state index < -0.39 is 25.0 Å². The van der Waals surface area contributed by atoms with Crippen molar-refractivity contribution in [1.82, 2.24) is 0 Å². The molecule has 8 heteroatoms. The zero-order valence-electron chi connectivity index (χ0n) is 17.7. The lowest BCUT2D eigenvalue weighted by Gasteiger charge is -2.37. The highest BCUT2D eigenvalue weighted by Gasteiger charge is 2.53. The highest BCUT2D eigenvalue weighted by Crippen LogP contribution is 2.44. The lowest BCUT2D eigenvalue weighted by Crippen LogP contribution is -2.59. The van der Waals surface area contributed by atoms with Crippen LogP contribution in [0.1, 0.15) is 78.1 Å². The van der Waals surface area contributed by atoms with Crippen molar-refractivity contribution in [3.63, 3.8) is 0 Å². The zero-order valence-corrected chi connectivity index (χ0v) is 18.6. The van der Waals surface area contributed by atoms with Crippen LogP contribution in [0.5, 0.6) is 0 Å². The van der Waals surface area contributed by atoms with E-state index in [9.17, 15) is 23.9 Å². The molecule has 0 amide bonds. The zero-order chi connectivity index (χ0) is 21.1. The van der Waals surface area contributed by atoms with Crippen LogP contribution in [0.3, 0.4) is 0 Å². The molecule has 27 heavy (non-hydrogen) atoms. The van der Waals surface area contributed by atoms with Gasteiger partial charge in [0.05, 0.1) is 21.1 Å². The standard InChI is InChI=1S/C19H38NO6P/c1-6-8-10-12-14-17(21)19(16-20(3,4)5,26-27(23,24)25)18(22)15-13-11-9-7-2/h6-16H2,1-5H3,(H-,23,24,25)/p+1. The number of nitrogens with zero attached hydrogens (tertiary/aromatic N) is 1. The van der Waals surface area contributed by atoms with Crippen LogP contribution in [-0.4, -0.2) is 59.1 Å². The minimum atomic E-state index is -5.02. The maximum Gasteiger partial charge on any atom is 0.471 e. The molecule has 0 aliphatic heterocycles. The maximum atomic E-state index is 13.0. The molecule has 0 saturated heterocycles. The van der Waals surface area contributed by atoms with Gasteiger partial charge in [-0.2, -0.15) is 0 Å². The van der Waals surface area contributed by atoms with Crippen molar-refractivity contribution in [2.24, 2.45) is 0 Å². The first kappa shape index (κ1) is 26.4. The van der Waals surface area contributed by atoms with Gasteiger partial charge in [-0.1, -0.05) is 52.4 Å². The van der Waals surface area contributed by atoms with Crippen LogP contribution < -0.4 is 0 Å². The smallest absolute Gasteiger partial charge is 0.328 e. The minimum absolute atomic E-state index is 0.0840. The van der Waals surface area contributed by atoms with E-state index in [2.05, 4.69) is 13.8 Å². The molecular weight excluding hydrogens is 369 g/mol. The molecule has 0 aliphatic carbocycles. The van der Waals surface area contributed by atoms with Crippen molar-refractivity contribution in [2.75, 3.05) is 27.7 Å². The molecular formula is C19H39NO6P+. The van der Waals surface area contributed by atoms with Crippen LogP contribution in [0.2, 0.25) is 0 Å². The molecule has 0 aromatic rings. The van der Waals surface area contributed by atoms with Gasteiger partial charge in [-0.15, -0.1) is 0 Å². The fourth-order valence-electron chi connectivity index (χ4n) is 3.16. The van der Waals surface area contributed by atoms with E-state index >= 15 is 0 Å². The average Bonchev–Trinajstić information content (AvgIpc) is 2.51. The van der Waals surface area contributed by atoms with E-state index in [1.165, 1.54) is 0 Å². The fraction of sp³-hybridized carbons (Fsp3) is 0.895. The van der Waals surface area contributed by atoms with Crippen molar-refractivity contribution >= 4 is 19.4 Å². The van der Waals surface area contributed by atoms with Crippen molar-refractivity contribution in [3.05, 3.63) is 0 Å². The molecule has 0 aliphatic rings. The van der Waals surface area contributed by atoms with Gasteiger partial charge in [-0.3, -0.25) is 14.1 Å². The van der Waals surface area contributed by atoms with E-state index in [1.807, 2.05) is 0 Å². The first-order valence-electron chi connectivity index (χ1n) is 10.0. The summed E-state index contributed by atoms with van der Waals surface area (Å²) in [6.07, 6.45) is 6.97. The largest absolute Gasteiger partial charge is 0.471 e. The SMILES string of the molecule is CCCCCCC(=O)C(C[N+](C)(C)C)(OP(=O)(O)O)C(=O)CCCCCC. The molecule has 2 N–H and O–H groups in total. The number of Topliss-reactive ketones (excluding diaryl/α,β-unsaturated/α-hetero) is 2. The summed E-state index contributed by atoms with van der Waals surface area (Å²) in [5.74, 6) is -1.04. The Morgan fingerprint density at radius 1 is 0.852 bits per heavy atom. The Morgan fingerprint density at radius 2 is 1.26 bits per heavy atom. The topological polar surface area (TPSA) is 101 Å². The Bertz CT molecular complexity index is 485. The van der Waals surface area contributed by atoms with E-state index in [-0.39, 0.29) is 23.9 Å². The van der Waals surface area contributed by atoms with Gasteiger partial charge in [0.15, 0.2) is 11.6 Å². The van der Waals surface area contributed by atoms with Crippen molar-refractivity contribution in [1.29, 1.82) is 0 Å². The summed E-state index contributed by atoms with van der Waals surface area (Å²) in [5.41, 5.74) is -2.09. The third-order valence-corrected chi connectivity index (χ3v) is 4.94. The molecule has 0 fully saturated rings. The number of unbranched alkanes of at least 4 members (excludes halogenated alkanes) is 6. The number of hydrogen-bond donors (Lipinski definition) is 2. The number of likely N-dealkylation sites (N-methyl/N-ethyl adjacent to an activating group) is 1. The first-order valence-corrected chi connectivity index (χ1v) is 11.5. The second kappa shape index (κ2) is 12.1. The van der Waals surface area contributed by atoms with Gasteiger partial charge in [0.2, 0.25) is 5.60 Å². The molecule has 0 bridgehead atoms. The lowest BCUT2D eigenvalue weighted by molar-refractivity contribution is -0.874. The van der Waals surface area contributed by atoms with Gasteiger partial charge in [0, 0.05) is 12.8 Å². The number of phosphoric acid groups is 1. The predicted molar refractivity (Wildman–Crippen MR) is 106 cm³/mol. The maximum absolute atomic E-state index is 13.0. The third-order valence-electron chi connectivity index (χ3n) is 4.39. The van der Waals surface area contributed by atoms with Crippen LogP contribution in [0.25, 0.3) is 0 Å². The normalized spacial score (nSPS) is 13.0. The van der Waals surface area contributed by atoms with Gasteiger partial charge >= 0.3 is 7.82 Å². The summed E-state index contributed by atoms with van der Waals surface area (Å²) >= 11 is 0. The summed E-state index contributed by atoms with van der Waals surface area (Å²) < 4.78 is 16.8. The Labute approximate surface area is 164 Å². The molecule has 0 radical (unpaired) electrons. The van der Waals surface area contributed by atoms with Crippen LogP contribution >= 0.6 is 7.82 Å². The Hall–Kier alpha value is -0.590. The average molecular weight is 408 g/mol. The molecule has 0 rings (SSSR count). The number of hydrogen-bond acceptors (Lipinski definition) is 4. The quantitative estimate of drug-likeness (QED) is 0.175. The number of carbonyl (C=O) groups excluding carboxylic acids is 2. The lowest BCUT2D eigenvalue weighted by atomic mass is 9.86. The number of ketones is 2. The summed E-state index contributed by atoms with van der Waals surface area (Å²) in [6.45, 7) is 4.01. The first-order chi connectivity index (χ1) is 12.4. The van der Waals surface area contributed by atoms with E-state index in [0.717, 1.165) is 38.5 Å². The highest BCUT2D eigenvalue weighted by atomic mass is 31.2. The van der Waals surface area contributed by atoms with Crippen molar-refractivity contribution in [3.8, 4) is 0 Å². The predicted octanol–water partition coefficient (Wildman–Crippen LogP) is 3.62. The van der Waals surface area contributed by atoms with Crippen LogP contribution in [0, 0.1) is 0 Å². The van der Waals surface area contributed by atoms with Gasteiger partial charge in [0.25, 0.3) is 0 Å². The monoisotopic (exact) mass is 408 g/mol. The van der Waals surface area contributed by atoms with Gasteiger partial charge in [0.1, 0.15) is 6.54 Å². The Morgan fingerprint density at radius 3 is 1.56 bits per heavy atom. The molecule has 0 aromatic heterocycles. The Balaban J connectivity index is 5.61. The summed E-state index contributed by atoms with van der Waals surface area (Å²) in [5, 5.41) is 0. The van der Waals surface area contributed by atoms with Crippen molar-refractivity contribution in [2.45, 2.75) is 83.7 Å². The summed E-state index contributed by atoms with van der Waals surface area (Å²) in [4.78, 5) is 44.9. The number of quaternary nitrogens is 1. The molecule has 0 spiro atoms. The van der Waals surface area contributed by atoms with Gasteiger partial charge < -0.3 is 14.3 Å². The van der Waals surface area contributed by atoms with Crippen LogP contribution in [0.15, 0.2) is 0 Å². The molecule has 0 unspecified atom stereocenters. The highest BCUT2D eigenvalue weighted by molar-refractivity contribution is 7.46. The summed E-state index contributed by atoms with van der Waals surface area (Å²) in [6, 6.07) is 0. The molecule has 160 valence electrons. The minimum Gasteiger partial charge on any atom is -0.328 e. The number of carbonyl (C=O) groups is 2. The Kier molecular flexibility index (Phi) is 11.8. The summed E-state index contributed by atoms with van der Waals surface area (Å²) in [7, 11) is 0.289. The van der Waals surface area contributed by atoms with E-state index in [4.69, 9.17) is 4.52 Å².